The van der Waals surface area contributed by atoms with E-state index in [1.807, 2.05) is 127 Å². The second kappa shape index (κ2) is 17.5. The van der Waals surface area contributed by atoms with Crippen LogP contribution in [-0.2, 0) is 19.4 Å². The Bertz CT molecular complexity index is 1700. The highest BCUT2D eigenvalue weighted by atomic mass is 32.3. The summed E-state index contributed by atoms with van der Waals surface area (Å²) in [5, 5.41) is 31.3. The van der Waals surface area contributed by atoms with Crippen molar-refractivity contribution >= 4 is 16.2 Å². The average molecular weight is 695 g/mol. The monoisotopic (exact) mass is 694 g/mol. The molecule has 8 nitrogen and oxygen atoms in total. The minimum atomic E-state index is -4.92. The molecule has 4 N–H and O–H groups in total. The smallest absolute Gasteiger partial charge is 0.390 e. The van der Waals surface area contributed by atoms with Crippen LogP contribution in [0, 0.1) is 10.8 Å². The van der Waals surface area contributed by atoms with E-state index in [2.05, 4.69) is 4.18 Å². The third-order valence-electron chi connectivity index (χ3n) is 9.04. The van der Waals surface area contributed by atoms with Crippen LogP contribution in [-0.4, -0.2) is 58.5 Å². The molecule has 0 amide bonds. The molecule has 0 unspecified atom stereocenters. The Kier molecular flexibility index (Phi) is 14.9. The molecule has 2 aliphatic rings. The number of Topliss-reactive ketones (excluding diaryl/α,β-unsaturated/α-hetero) is 1. The van der Waals surface area contributed by atoms with E-state index < -0.39 is 51.4 Å². The maximum atomic E-state index is 12.7. The zero-order chi connectivity index (χ0) is 37.3. The lowest BCUT2D eigenvalue weighted by Crippen LogP contribution is -2.51. The maximum Gasteiger partial charge on any atom is 0.398 e. The normalized spacial score (nSPS) is 26.6. The Morgan fingerprint density at radius 3 is 1.57 bits per heavy atom. The third kappa shape index (κ3) is 11.8. The summed E-state index contributed by atoms with van der Waals surface area (Å²) in [6.45, 7) is 18.8. The molecule has 0 aromatic rings. The lowest BCUT2D eigenvalue weighted by molar-refractivity contribution is -0.133. The van der Waals surface area contributed by atoms with E-state index in [-0.39, 0.29) is 5.57 Å². The lowest BCUT2D eigenvalue weighted by Gasteiger charge is -2.40. The van der Waals surface area contributed by atoms with Crippen LogP contribution in [0.15, 0.2) is 130 Å². The van der Waals surface area contributed by atoms with Gasteiger partial charge in [-0.05, 0) is 64.7 Å². The summed E-state index contributed by atoms with van der Waals surface area (Å²) in [7, 11) is -4.92. The fourth-order valence-corrected chi connectivity index (χ4v) is 6.38. The van der Waals surface area contributed by atoms with E-state index in [1.54, 1.807) is 26.8 Å². The van der Waals surface area contributed by atoms with Crippen molar-refractivity contribution in [3.8, 4) is 0 Å². The summed E-state index contributed by atoms with van der Waals surface area (Å²) in [5.74, 6) is -0.700. The summed E-state index contributed by atoms with van der Waals surface area (Å²) in [4.78, 5) is 12.7. The molecule has 2 aliphatic carbocycles. The molecule has 0 radical (unpaired) electrons. The van der Waals surface area contributed by atoms with E-state index in [9.17, 15) is 28.5 Å². The van der Waals surface area contributed by atoms with E-state index in [1.165, 1.54) is 0 Å². The molecule has 0 spiro atoms. The molecule has 0 bridgehead atoms. The van der Waals surface area contributed by atoms with Crippen LogP contribution in [0.1, 0.15) is 75.7 Å². The van der Waals surface area contributed by atoms with Gasteiger partial charge in [0.05, 0.1) is 18.3 Å². The number of rotatable bonds is 12. The van der Waals surface area contributed by atoms with Crippen molar-refractivity contribution < 1.29 is 37.3 Å². The highest BCUT2D eigenvalue weighted by Gasteiger charge is 2.48. The summed E-state index contributed by atoms with van der Waals surface area (Å²) in [6.07, 6.45) is 23.2. The van der Waals surface area contributed by atoms with Crippen LogP contribution in [0.4, 0.5) is 0 Å². The summed E-state index contributed by atoms with van der Waals surface area (Å²) >= 11 is 0. The maximum absolute atomic E-state index is 12.7. The third-order valence-corrected chi connectivity index (χ3v) is 9.49. The van der Waals surface area contributed by atoms with Crippen molar-refractivity contribution in [1.29, 1.82) is 0 Å². The standard InChI is InChI=1S/C40H54O8S/c1-26(17-13-19-28(3)21-23-32-30(5)25-34(41)37(43)39(32,7)8)15-11-12-16-27(2)18-14-20-29(4)22-24-33-31(6)35(42)36(48-49(45,46)47)38(44)40(33,9)10/h11-24,34,36-38,41,43-44H,25H2,1-10H3,(H,45,46,47)/b12-11+,17-13+,18-14+,23-21+,24-22+,26-15+,27-16+,28-19+,29-20+/t34-,36-,37+,38+/m1/s1. The molecule has 0 aliphatic heterocycles. The molecular formula is C40H54O8S. The van der Waals surface area contributed by atoms with Crippen molar-refractivity contribution in [1.82, 2.24) is 0 Å². The lowest BCUT2D eigenvalue weighted by atomic mass is 9.69. The van der Waals surface area contributed by atoms with Crippen LogP contribution >= 0.6 is 0 Å². The zero-order valence-corrected chi connectivity index (χ0v) is 31.2. The first-order valence-corrected chi connectivity index (χ1v) is 17.7. The summed E-state index contributed by atoms with van der Waals surface area (Å²) < 4.78 is 35.9. The van der Waals surface area contributed by atoms with Crippen molar-refractivity contribution in [3.63, 3.8) is 0 Å². The van der Waals surface area contributed by atoms with Crippen LogP contribution < -0.4 is 0 Å². The average Bonchev–Trinajstić information content (AvgIpc) is 2.99. The van der Waals surface area contributed by atoms with Gasteiger partial charge in [-0.2, -0.15) is 8.42 Å². The molecule has 4 atom stereocenters. The Balaban J connectivity index is 2.00. The largest absolute Gasteiger partial charge is 0.398 e. The van der Waals surface area contributed by atoms with Gasteiger partial charge in [-0.3, -0.25) is 9.35 Å². The van der Waals surface area contributed by atoms with Gasteiger partial charge < -0.3 is 15.3 Å². The number of aliphatic hydroxyl groups excluding tert-OH is 3. The van der Waals surface area contributed by atoms with Gasteiger partial charge in [0.2, 0.25) is 0 Å². The molecule has 268 valence electrons. The highest BCUT2D eigenvalue weighted by Crippen LogP contribution is 2.42. The van der Waals surface area contributed by atoms with Crippen LogP contribution in [0.2, 0.25) is 0 Å². The molecule has 0 saturated carbocycles. The van der Waals surface area contributed by atoms with Crippen LogP contribution in [0.5, 0.6) is 0 Å². The topological polar surface area (TPSA) is 141 Å². The van der Waals surface area contributed by atoms with Gasteiger partial charge in [-0.1, -0.05) is 141 Å². The van der Waals surface area contributed by atoms with E-state index in [0.717, 1.165) is 33.4 Å². The first-order chi connectivity index (χ1) is 22.6. The van der Waals surface area contributed by atoms with Crippen molar-refractivity contribution in [2.24, 2.45) is 10.8 Å². The van der Waals surface area contributed by atoms with Gasteiger partial charge in [-0.25, -0.2) is 4.18 Å². The predicted octanol–water partition coefficient (Wildman–Crippen LogP) is 7.50. The number of carbonyl (C=O) groups is 1. The van der Waals surface area contributed by atoms with E-state index in [0.29, 0.717) is 12.0 Å². The van der Waals surface area contributed by atoms with Gasteiger partial charge in [0, 0.05) is 10.8 Å². The second-order valence-electron chi connectivity index (χ2n) is 14.1. The Hall–Kier alpha value is -3.44. The van der Waals surface area contributed by atoms with Crippen LogP contribution in [0.25, 0.3) is 0 Å². The van der Waals surface area contributed by atoms with Crippen LogP contribution in [0.3, 0.4) is 0 Å². The number of allylic oxidation sites excluding steroid dienone is 18. The SMILES string of the molecule is CC1=C(/C=C/C(C)=C/C=C/C(C)=C/C=C/C=C(C)/C=C/C=C(C)/C=C/C2=C(C)C(=O)[C@@H](OS(=O)(=O)O)[C@H](O)C2(C)C)C(C)(C)[C@@H](O)[C@H](O)C1. The molecule has 2 rings (SSSR count). The predicted molar refractivity (Wildman–Crippen MR) is 198 cm³/mol. The summed E-state index contributed by atoms with van der Waals surface area (Å²) in [6, 6.07) is 0. The number of aliphatic hydroxyl groups is 3. The van der Waals surface area contributed by atoms with E-state index >= 15 is 0 Å². The fourth-order valence-electron chi connectivity index (χ4n) is 5.93. The Morgan fingerprint density at radius 1 is 0.694 bits per heavy atom. The first kappa shape index (κ1) is 41.7. The van der Waals surface area contributed by atoms with Crippen molar-refractivity contribution in [2.45, 2.75) is 100 Å². The van der Waals surface area contributed by atoms with Gasteiger partial charge in [0.25, 0.3) is 0 Å². The molecule has 0 saturated heterocycles. The molecule has 0 heterocycles. The van der Waals surface area contributed by atoms with Crippen molar-refractivity contribution in [3.05, 3.63) is 130 Å². The Morgan fingerprint density at radius 2 is 1.10 bits per heavy atom. The Labute approximate surface area is 293 Å². The number of hydrogen-bond donors (Lipinski definition) is 4. The molecule has 0 aromatic heterocycles. The second-order valence-corrected chi connectivity index (χ2v) is 15.1. The van der Waals surface area contributed by atoms with Gasteiger partial charge >= 0.3 is 10.4 Å². The highest BCUT2D eigenvalue weighted by molar-refractivity contribution is 7.80. The van der Waals surface area contributed by atoms with Gasteiger partial charge in [0.15, 0.2) is 11.9 Å². The number of hydrogen-bond acceptors (Lipinski definition) is 7. The zero-order valence-electron chi connectivity index (χ0n) is 30.4. The fraction of sp³-hybridized carbons (Fsp3) is 0.425. The summed E-state index contributed by atoms with van der Waals surface area (Å²) in [5.41, 5.74) is 5.52. The van der Waals surface area contributed by atoms with Gasteiger partial charge in [-0.15, -0.1) is 0 Å². The number of carbonyl (C=O) groups excluding carboxylic acids is 1. The first-order valence-electron chi connectivity index (χ1n) is 16.3. The van der Waals surface area contributed by atoms with Crippen molar-refractivity contribution in [2.75, 3.05) is 0 Å². The van der Waals surface area contributed by atoms with E-state index in [4.69, 9.17) is 4.55 Å². The molecule has 9 heteroatoms. The molecule has 0 fully saturated rings. The minimum Gasteiger partial charge on any atom is -0.390 e. The molecular weight excluding hydrogens is 640 g/mol. The van der Waals surface area contributed by atoms with Gasteiger partial charge in [0.1, 0.15) is 0 Å². The minimum absolute atomic E-state index is 0.254. The number of ketones is 1. The molecule has 49 heavy (non-hydrogen) atoms. The quantitative estimate of drug-likeness (QED) is 0.122. The molecule has 0 aromatic carbocycles.